The molecule has 4 nitrogen and oxygen atoms in total. The van der Waals surface area contributed by atoms with Gasteiger partial charge in [-0.1, -0.05) is 6.07 Å². The van der Waals surface area contributed by atoms with Crippen molar-refractivity contribution in [2.75, 3.05) is 31.6 Å². The zero-order valence-electron chi connectivity index (χ0n) is 13.7. The van der Waals surface area contributed by atoms with Gasteiger partial charge in [-0.15, -0.1) is 36.2 Å². The van der Waals surface area contributed by atoms with Gasteiger partial charge in [-0.2, -0.15) is 0 Å². The molecule has 0 saturated heterocycles. The van der Waals surface area contributed by atoms with Crippen LogP contribution in [0.25, 0.3) is 0 Å². The van der Waals surface area contributed by atoms with Gasteiger partial charge >= 0.3 is 0 Å². The molecular formula is C17H24Cl2N4S. The maximum absolute atomic E-state index is 6.08. The summed E-state index contributed by atoms with van der Waals surface area (Å²) < 4.78 is 0. The van der Waals surface area contributed by atoms with Gasteiger partial charge in [-0.3, -0.25) is 0 Å². The highest BCUT2D eigenvalue weighted by Crippen LogP contribution is 2.30. The van der Waals surface area contributed by atoms with Crippen LogP contribution in [-0.4, -0.2) is 32.5 Å². The maximum atomic E-state index is 6.08. The van der Waals surface area contributed by atoms with Crippen molar-refractivity contribution in [1.29, 1.82) is 0 Å². The summed E-state index contributed by atoms with van der Waals surface area (Å²) >= 11 is 1.62. The van der Waals surface area contributed by atoms with Gasteiger partial charge in [0.1, 0.15) is 5.84 Å². The van der Waals surface area contributed by atoms with E-state index in [0.29, 0.717) is 5.84 Å². The highest BCUT2D eigenvalue weighted by atomic mass is 35.5. The lowest BCUT2D eigenvalue weighted by Gasteiger charge is -2.31. The number of nitrogens with zero attached hydrogens (tertiary/aromatic N) is 2. The fourth-order valence-electron chi connectivity index (χ4n) is 2.83. The summed E-state index contributed by atoms with van der Waals surface area (Å²) in [6.45, 7) is 3.18. The van der Waals surface area contributed by atoms with E-state index in [1.54, 1.807) is 11.3 Å². The van der Waals surface area contributed by atoms with Gasteiger partial charge in [-0.05, 0) is 55.1 Å². The van der Waals surface area contributed by atoms with E-state index in [0.717, 1.165) is 36.6 Å². The second kappa shape index (κ2) is 9.89. The van der Waals surface area contributed by atoms with Crippen LogP contribution in [0.5, 0.6) is 0 Å². The van der Waals surface area contributed by atoms with Gasteiger partial charge in [0.2, 0.25) is 0 Å². The maximum Gasteiger partial charge on any atom is 0.141 e. The average molecular weight is 387 g/mol. The van der Waals surface area contributed by atoms with Crippen molar-refractivity contribution in [3.05, 3.63) is 46.2 Å². The second-order valence-corrected chi connectivity index (χ2v) is 6.43. The molecule has 7 heteroatoms. The molecule has 1 aliphatic heterocycles. The van der Waals surface area contributed by atoms with E-state index in [1.165, 1.54) is 17.7 Å². The molecule has 24 heavy (non-hydrogen) atoms. The van der Waals surface area contributed by atoms with Crippen LogP contribution in [0.2, 0.25) is 0 Å². The smallest absolute Gasteiger partial charge is 0.141 e. The number of nitrogens with one attached hydrogen (secondary N) is 1. The van der Waals surface area contributed by atoms with Gasteiger partial charge in [0, 0.05) is 25.3 Å². The van der Waals surface area contributed by atoms with Gasteiger partial charge < -0.3 is 16.0 Å². The highest BCUT2D eigenvalue weighted by molar-refractivity contribution is 7.12. The van der Waals surface area contributed by atoms with Crippen molar-refractivity contribution in [3.63, 3.8) is 0 Å². The van der Waals surface area contributed by atoms with E-state index in [2.05, 4.69) is 33.4 Å². The lowest BCUT2D eigenvalue weighted by Crippen LogP contribution is -2.34. The number of hydrogen-bond donors (Lipinski definition) is 2. The summed E-state index contributed by atoms with van der Waals surface area (Å²) in [6.07, 6.45) is 2.32. The predicted octanol–water partition coefficient (Wildman–Crippen LogP) is 3.60. The molecular weight excluding hydrogens is 363 g/mol. The Bertz CT molecular complexity index is 659. The molecule has 0 saturated carbocycles. The molecule has 0 aliphatic carbocycles. The summed E-state index contributed by atoms with van der Waals surface area (Å²) in [6, 6.07) is 10.4. The van der Waals surface area contributed by atoms with Crippen LogP contribution in [0.15, 0.2) is 40.7 Å². The van der Waals surface area contributed by atoms with Crippen LogP contribution in [0.1, 0.15) is 16.9 Å². The SMILES string of the molecule is CNCCN1CCCc2cc(N=C(N)c3cccs3)ccc21.Cl.Cl. The van der Waals surface area contributed by atoms with E-state index in [4.69, 9.17) is 5.73 Å². The van der Waals surface area contributed by atoms with Gasteiger partial charge in [0.05, 0.1) is 10.6 Å². The topological polar surface area (TPSA) is 53.6 Å². The molecule has 0 radical (unpaired) electrons. The van der Waals surface area contributed by atoms with E-state index < -0.39 is 0 Å². The molecule has 0 unspecified atom stereocenters. The lowest BCUT2D eigenvalue weighted by molar-refractivity contribution is 0.664. The molecule has 1 aromatic heterocycles. The molecule has 3 N–H and O–H groups in total. The standard InChI is InChI=1S/C17H22N4S.2ClH/c1-19-8-10-21-9-2-4-13-12-14(6-7-15(13)21)20-17(18)16-5-3-11-22-16;;/h3,5-7,11-12,19H,2,4,8-10H2,1H3,(H2,18,20);2*1H. The van der Waals surface area contributed by atoms with E-state index in [9.17, 15) is 0 Å². The van der Waals surface area contributed by atoms with E-state index in [1.807, 2.05) is 24.6 Å². The number of anilines is 1. The van der Waals surface area contributed by atoms with Crippen LogP contribution in [0.4, 0.5) is 11.4 Å². The molecule has 2 heterocycles. The molecule has 132 valence electrons. The van der Waals surface area contributed by atoms with Crippen LogP contribution in [0.3, 0.4) is 0 Å². The molecule has 1 aliphatic rings. The molecule has 0 atom stereocenters. The van der Waals surface area contributed by atoms with Crippen molar-refractivity contribution in [3.8, 4) is 0 Å². The van der Waals surface area contributed by atoms with Crippen molar-refractivity contribution in [1.82, 2.24) is 5.32 Å². The Morgan fingerprint density at radius 1 is 1.33 bits per heavy atom. The number of benzene rings is 1. The van der Waals surface area contributed by atoms with Crippen LogP contribution in [-0.2, 0) is 6.42 Å². The minimum atomic E-state index is 0. The summed E-state index contributed by atoms with van der Waals surface area (Å²) in [5, 5.41) is 5.24. The Kier molecular flexibility index (Phi) is 8.56. The Morgan fingerprint density at radius 3 is 2.88 bits per heavy atom. The van der Waals surface area contributed by atoms with Crippen LogP contribution in [0, 0.1) is 0 Å². The van der Waals surface area contributed by atoms with Crippen molar-refractivity contribution >= 4 is 53.4 Å². The Morgan fingerprint density at radius 2 is 2.17 bits per heavy atom. The second-order valence-electron chi connectivity index (χ2n) is 5.48. The Labute approximate surface area is 160 Å². The minimum absolute atomic E-state index is 0. The first-order valence-electron chi connectivity index (χ1n) is 7.68. The Hall–Kier alpha value is -1.27. The molecule has 0 amide bonds. The lowest BCUT2D eigenvalue weighted by atomic mass is 10.0. The number of hydrogen-bond acceptors (Lipinski definition) is 4. The van der Waals surface area contributed by atoms with Crippen molar-refractivity contribution < 1.29 is 0 Å². The first-order valence-corrected chi connectivity index (χ1v) is 8.56. The van der Waals surface area contributed by atoms with Crippen molar-refractivity contribution in [2.45, 2.75) is 12.8 Å². The molecule has 2 aromatic rings. The first kappa shape index (κ1) is 20.8. The highest BCUT2D eigenvalue weighted by Gasteiger charge is 2.16. The largest absolute Gasteiger partial charge is 0.383 e. The number of thiophene rings is 1. The number of aliphatic imine (C=N–C) groups is 1. The number of amidine groups is 1. The molecule has 1 aromatic carbocycles. The molecule has 0 bridgehead atoms. The van der Waals surface area contributed by atoms with Crippen LogP contribution < -0.4 is 16.0 Å². The number of nitrogens with two attached hydrogens (primary N) is 1. The predicted molar refractivity (Wildman–Crippen MR) is 110 cm³/mol. The van der Waals surface area contributed by atoms with Crippen molar-refractivity contribution in [2.24, 2.45) is 10.7 Å². The summed E-state index contributed by atoms with van der Waals surface area (Å²) in [7, 11) is 2.00. The normalized spacial score (nSPS) is 13.7. The van der Waals surface area contributed by atoms with Gasteiger partial charge in [0.25, 0.3) is 0 Å². The fraction of sp³-hybridized carbons (Fsp3) is 0.353. The molecule has 0 spiro atoms. The summed E-state index contributed by atoms with van der Waals surface area (Å²) in [5.41, 5.74) is 9.75. The zero-order valence-corrected chi connectivity index (χ0v) is 16.1. The summed E-state index contributed by atoms with van der Waals surface area (Å²) in [4.78, 5) is 8.04. The third-order valence-corrected chi connectivity index (χ3v) is 4.83. The number of fused-ring (bicyclic) bond motifs is 1. The number of likely N-dealkylation sites (N-methyl/N-ethyl adjacent to an activating group) is 1. The first-order chi connectivity index (χ1) is 10.8. The monoisotopic (exact) mass is 386 g/mol. The third-order valence-electron chi connectivity index (χ3n) is 3.93. The number of halogens is 2. The molecule has 3 rings (SSSR count). The number of rotatable bonds is 5. The van der Waals surface area contributed by atoms with E-state index in [-0.39, 0.29) is 24.8 Å². The van der Waals surface area contributed by atoms with Crippen LogP contribution >= 0.6 is 36.2 Å². The Balaban J connectivity index is 0.00000144. The minimum Gasteiger partial charge on any atom is -0.383 e. The summed E-state index contributed by atoms with van der Waals surface area (Å²) in [5.74, 6) is 0.595. The third kappa shape index (κ3) is 4.86. The van der Waals surface area contributed by atoms with E-state index >= 15 is 0 Å². The average Bonchev–Trinajstić information content (AvgIpc) is 3.07. The fourth-order valence-corrected chi connectivity index (χ4v) is 3.46. The quantitative estimate of drug-likeness (QED) is 0.609. The van der Waals surface area contributed by atoms with Gasteiger partial charge in [-0.25, -0.2) is 4.99 Å². The number of aryl methyl sites for hydroxylation is 1. The zero-order chi connectivity index (χ0) is 15.4. The van der Waals surface area contributed by atoms with Gasteiger partial charge in [0.15, 0.2) is 0 Å². The molecule has 0 fully saturated rings.